The maximum absolute atomic E-state index is 6.29. The van der Waals surface area contributed by atoms with Crippen molar-refractivity contribution in [2.75, 3.05) is 31.8 Å². The summed E-state index contributed by atoms with van der Waals surface area (Å²) in [7, 11) is 1.69. The zero-order chi connectivity index (χ0) is 21.4. The van der Waals surface area contributed by atoms with E-state index in [4.69, 9.17) is 20.9 Å². The molecule has 4 aromatic rings. The Morgan fingerprint density at radius 1 is 1.19 bits per heavy atom. The van der Waals surface area contributed by atoms with Gasteiger partial charge in [-0.1, -0.05) is 24.3 Å². The van der Waals surface area contributed by atoms with Crippen molar-refractivity contribution < 1.29 is 9.47 Å². The molecule has 0 saturated carbocycles. The third-order valence-corrected chi connectivity index (χ3v) is 5.85. The average Bonchev–Trinajstić information content (AvgIpc) is 3.40. The van der Waals surface area contributed by atoms with Crippen LogP contribution in [0.5, 0.6) is 5.75 Å². The molecule has 0 spiro atoms. The lowest BCUT2D eigenvalue weighted by molar-refractivity contribution is 0.190. The van der Waals surface area contributed by atoms with E-state index in [0.29, 0.717) is 18.4 Å². The van der Waals surface area contributed by atoms with Crippen LogP contribution in [0.3, 0.4) is 0 Å². The van der Waals surface area contributed by atoms with Crippen LogP contribution >= 0.6 is 0 Å². The molecule has 1 aliphatic rings. The van der Waals surface area contributed by atoms with Crippen LogP contribution in [-0.4, -0.2) is 40.9 Å². The fraction of sp³-hybridized carbons (Fsp3) is 0.304. The second-order valence-corrected chi connectivity index (χ2v) is 7.86. The monoisotopic (exact) mass is 418 g/mol. The molecule has 8 heteroatoms. The Kier molecular flexibility index (Phi) is 5.09. The lowest BCUT2D eigenvalue weighted by atomic mass is 10.1. The molecule has 160 valence electrons. The van der Waals surface area contributed by atoms with Crippen LogP contribution in [0, 0.1) is 0 Å². The predicted octanol–water partition coefficient (Wildman–Crippen LogP) is 2.68. The number of ether oxygens (including phenoxy) is 2. The summed E-state index contributed by atoms with van der Waals surface area (Å²) in [5, 5.41) is 4.57. The molecule has 8 nitrogen and oxygen atoms in total. The Morgan fingerprint density at radius 3 is 2.87 bits per heavy atom. The molecule has 0 radical (unpaired) electrons. The molecule has 2 aromatic carbocycles. The van der Waals surface area contributed by atoms with E-state index < -0.39 is 0 Å². The summed E-state index contributed by atoms with van der Waals surface area (Å²) in [6.45, 7) is 2.95. The van der Waals surface area contributed by atoms with Crippen molar-refractivity contribution in [1.82, 2.24) is 19.9 Å². The molecule has 5 N–H and O–H groups in total. The lowest BCUT2D eigenvalue weighted by Crippen LogP contribution is -2.28. The number of nitrogens with two attached hydrogens (primary N) is 2. The van der Waals surface area contributed by atoms with Crippen molar-refractivity contribution in [2.24, 2.45) is 0 Å². The van der Waals surface area contributed by atoms with Gasteiger partial charge in [-0.05, 0) is 30.2 Å². The summed E-state index contributed by atoms with van der Waals surface area (Å²) >= 11 is 0. The summed E-state index contributed by atoms with van der Waals surface area (Å²) in [5.41, 5.74) is 17.0. The number of fused-ring (bicyclic) bond motifs is 3. The third-order valence-electron chi connectivity index (χ3n) is 5.85. The van der Waals surface area contributed by atoms with Crippen molar-refractivity contribution in [2.45, 2.75) is 25.6 Å². The molecule has 0 aliphatic carbocycles. The number of aromatic nitrogens is 3. The molecule has 31 heavy (non-hydrogen) atoms. The van der Waals surface area contributed by atoms with E-state index in [2.05, 4.69) is 38.1 Å². The highest BCUT2D eigenvalue weighted by Gasteiger charge is 2.18. The van der Waals surface area contributed by atoms with E-state index in [1.165, 1.54) is 5.56 Å². The summed E-state index contributed by atoms with van der Waals surface area (Å²) in [5.74, 6) is 1.37. The first-order valence-electron chi connectivity index (χ1n) is 10.4. The van der Waals surface area contributed by atoms with Crippen LogP contribution in [0.4, 0.5) is 11.8 Å². The summed E-state index contributed by atoms with van der Waals surface area (Å²) in [4.78, 5) is 8.68. The number of nitrogens with one attached hydrogen (secondary N) is 1. The van der Waals surface area contributed by atoms with Crippen LogP contribution in [0.15, 0.2) is 42.5 Å². The Balaban J connectivity index is 1.56. The molecular formula is C23H26N6O2. The van der Waals surface area contributed by atoms with Crippen molar-refractivity contribution in [3.8, 4) is 5.75 Å². The molecule has 1 atom stereocenters. The molecule has 1 aliphatic heterocycles. The van der Waals surface area contributed by atoms with E-state index in [-0.39, 0.29) is 5.95 Å². The number of hydrogen-bond donors (Lipinski definition) is 3. The molecule has 1 saturated heterocycles. The minimum Gasteiger partial charge on any atom is -0.496 e. The van der Waals surface area contributed by atoms with Gasteiger partial charge in [0.1, 0.15) is 16.8 Å². The van der Waals surface area contributed by atoms with Crippen molar-refractivity contribution >= 4 is 33.7 Å². The number of rotatable bonds is 6. The zero-order valence-corrected chi connectivity index (χ0v) is 17.5. The zero-order valence-electron chi connectivity index (χ0n) is 17.5. The van der Waals surface area contributed by atoms with Crippen LogP contribution in [0.1, 0.15) is 17.5 Å². The van der Waals surface area contributed by atoms with Gasteiger partial charge in [0.05, 0.1) is 25.8 Å². The van der Waals surface area contributed by atoms with Crippen molar-refractivity contribution in [3.63, 3.8) is 0 Å². The molecule has 5 rings (SSSR count). The molecule has 2 aromatic heterocycles. The van der Waals surface area contributed by atoms with Crippen LogP contribution in [-0.2, 0) is 17.8 Å². The minimum absolute atomic E-state index is 0.175. The SMILES string of the molecule is COc1ccc(CNC2CCOC2)cc1Cn1c2ccccc2c2nc(N)nc(N)c21. The maximum Gasteiger partial charge on any atom is 0.222 e. The highest BCUT2D eigenvalue weighted by Crippen LogP contribution is 2.33. The quantitative estimate of drug-likeness (QED) is 0.441. The minimum atomic E-state index is 0.175. The Morgan fingerprint density at radius 2 is 2.06 bits per heavy atom. The van der Waals surface area contributed by atoms with E-state index in [0.717, 1.165) is 59.4 Å². The second kappa shape index (κ2) is 8.05. The summed E-state index contributed by atoms with van der Waals surface area (Å²) in [6, 6.07) is 14.8. The van der Waals surface area contributed by atoms with E-state index in [1.807, 2.05) is 24.3 Å². The van der Waals surface area contributed by atoms with Crippen LogP contribution < -0.4 is 21.5 Å². The number of benzene rings is 2. The van der Waals surface area contributed by atoms with Gasteiger partial charge in [0, 0.05) is 30.1 Å². The van der Waals surface area contributed by atoms with E-state index >= 15 is 0 Å². The van der Waals surface area contributed by atoms with Crippen molar-refractivity contribution in [1.29, 1.82) is 0 Å². The number of anilines is 2. The number of hydrogen-bond acceptors (Lipinski definition) is 7. The van der Waals surface area contributed by atoms with Gasteiger partial charge in [-0.2, -0.15) is 4.98 Å². The molecular weight excluding hydrogens is 392 g/mol. The lowest BCUT2D eigenvalue weighted by Gasteiger charge is -2.15. The summed E-state index contributed by atoms with van der Waals surface area (Å²) in [6.07, 6.45) is 1.05. The smallest absolute Gasteiger partial charge is 0.222 e. The highest BCUT2D eigenvalue weighted by molar-refractivity contribution is 6.09. The van der Waals surface area contributed by atoms with E-state index in [1.54, 1.807) is 7.11 Å². The Hall–Kier alpha value is -3.36. The maximum atomic E-state index is 6.29. The number of nitrogen functional groups attached to an aromatic ring is 2. The van der Waals surface area contributed by atoms with E-state index in [9.17, 15) is 0 Å². The average molecular weight is 419 g/mol. The standard InChI is InChI=1S/C23H26N6O2/c1-30-19-7-6-14(11-26-16-8-9-31-13-16)10-15(19)12-29-18-5-3-2-4-17(18)20-21(29)22(24)28-23(25)27-20/h2-7,10,16,26H,8-9,11-13H2,1H3,(H4,24,25,27,28). The van der Waals surface area contributed by atoms with Gasteiger partial charge in [0.25, 0.3) is 0 Å². The molecule has 0 amide bonds. The topological polar surface area (TPSA) is 113 Å². The first kappa shape index (κ1) is 19.6. The first-order chi connectivity index (χ1) is 15.1. The van der Waals surface area contributed by atoms with Gasteiger partial charge in [0.15, 0.2) is 5.82 Å². The first-order valence-corrected chi connectivity index (χ1v) is 10.4. The Bertz CT molecular complexity index is 1250. The van der Waals surface area contributed by atoms with Crippen LogP contribution in [0.25, 0.3) is 21.9 Å². The Labute approximate surface area is 180 Å². The fourth-order valence-corrected chi connectivity index (χ4v) is 4.33. The molecule has 1 unspecified atom stereocenters. The van der Waals surface area contributed by atoms with Crippen molar-refractivity contribution in [3.05, 3.63) is 53.6 Å². The van der Waals surface area contributed by atoms with Crippen LogP contribution in [0.2, 0.25) is 0 Å². The van der Waals surface area contributed by atoms with Gasteiger partial charge in [-0.15, -0.1) is 0 Å². The number of para-hydroxylation sites is 1. The number of nitrogens with zero attached hydrogens (tertiary/aromatic N) is 3. The highest BCUT2D eigenvalue weighted by atomic mass is 16.5. The third kappa shape index (κ3) is 3.64. The fourth-order valence-electron chi connectivity index (χ4n) is 4.33. The molecule has 3 heterocycles. The van der Waals surface area contributed by atoms with Gasteiger partial charge < -0.3 is 30.8 Å². The molecule has 1 fully saturated rings. The second-order valence-electron chi connectivity index (χ2n) is 7.86. The number of methoxy groups -OCH3 is 1. The largest absolute Gasteiger partial charge is 0.496 e. The van der Waals surface area contributed by atoms with Gasteiger partial charge in [-0.3, -0.25) is 0 Å². The molecule has 0 bridgehead atoms. The predicted molar refractivity (Wildman–Crippen MR) is 122 cm³/mol. The van der Waals surface area contributed by atoms with Gasteiger partial charge in [0.2, 0.25) is 5.95 Å². The summed E-state index contributed by atoms with van der Waals surface area (Å²) < 4.78 is 13.3. The van der Waals surface area contributed by atoms with Gasteiger partial charge >= 0.3 is 0 Å². The normalized spacial score (nSPS) is 16.4. The van der Waals surface area contributed by atoms with Gasteiger partial charge in [-0.25, -0.2) is 4.98 Å².